The van der Waals surface area contributed by atoms with Gasteiger partial charge in [0, 0.05) is 13.1 Å². The summed E-state index contributed by atoms with van der Waals surface area (Å²) < 4.78 is 28.1. The minimum atomic E-state index is -3.98. The van der Waals surface area contributed by atoms with Gasteiger partial charge >= 0.3 is 0 Å². The fourth-order valence-electron chi connectivity index (χ4n) is 4.23. The highest BCUT2D eigenvalue weighted by Gasteiger charge is 2.31. The van der Waals surface area contributed by atoms with E-state index in [0.29, 0.717) is 29.7 Å². The molecule has 4 rings (SSSR count). The predicted octanol–water partition coefficient (Wildman–Crippen LogP) is 5.67. The minimum Gasteiger partial charge on any atom is -0.341 e. The molecule has 5 nitrogen and oxygen atoms in total. The Hall–Kier alpha value is -2.54. The van der Waals surface area contributed by atoms with Crippen LogP contribution >= 0.6 is 23.2 Å². The molecule has 1 aliphatic heterocycles. The normalized spacial score (nSPS) is 14.7. The van der Waals surface area contributed by atoms with Gasteiger partial charge in [-0.2, -0.15) is 0 Å². The van der Waals surface area contributed by atoms with Crippen LogP contribution in [-0.2, 0) is 21.2 Å². The van der Waals surface area contributed by atoms with Crippen LogP contribution in [0.2, 0.25) is 10.0 Å². The van der Waals surface area contributed by atoms with Crippen molar-refractivity contribution >= 4 is 44.8 Å². The zero-order chi connectivity index (χ0) is 24.1. The molecule has 0 atom stereocenters. The fraction of sp³-hybridized carbons (Fsp3) is 0.269. The highest BCUT2D eigenvalue weighted by Crippen LogP contribution is 2.31. The monoisotopic (exact) mass is 516 g/mol. The average Bonchev–Trinajstić information content (AvgIpc) is 2.86. The molecule has 0 aliphatic carbocycles. The Morgan fingerprint density at radius 2 is 1.50 bits per heavy atom. The highest BCUT2D eigenvalue weighted by atomic mass is 35.5. The smallest absolute Gasteiger partial charge is 0.264 e. The topological polar surface area (TPSA) is 57.7 Å². The van der Waals surface area contributed by atoms with Crippen LogP contribution in [0.1, 0.15) is 18.4 Å². The van der Waals surface area contributed by atoms with Crippen molar-refractivity contribution in [3.05, 3.63) is 94.5 Å². The predicted molar refractivity (Wildman–Crippen MR) is 137 cm³/mol. The zero-order valence-electron chi connectivity index (χ0n) is 18.6. The largest absolute Gasteiger partial charge is 0.341 e. The second kappa shape index (κ2) is 10.8. The van der Waals surface area contributed by atoms with Crippen molar-refractivity contribution in [3.63, 3.8) is 0 Å². The quantitative estimate of drug-likeness (QED) is 0.406. The van der Waals surface area contributed by atoms with Gasteiger partial charge in [-0.15, -0.1) is 0 Å². The summed E-state index contributed by atoms with van der Waals surface area (Å²) in [6.45, 7) is 0.909. The molecule has 1 amide bonds. The lowest BCUT2D eigenvalue weighted by Crippen LogP contribution is -2.46. The molecule has 1 heterocycles. The van der Waals surface area contributed by atoms with Gasteiger partial charge in [0.25, 0.3) is 10.0 Å². The summed E-state index contributed by atoms with van der Waals surface area (Å²) in [6, 6.07) is 23.0. The van der Waals surface area contributed by atoms with Crippen LogP contribution < -0.4 is 4.31 Å². The molecule has 178 valence electrons. The summed E-state index contributed by atoms with van der Waals surface area (Å²) in [4.78, 5) is 15.1. The van der Waals surface area contributed by atoms with Crippen molar-refractivity contribution in [2.45, 2.75) is 24.2 Å². The van der Waals surface area contributed by atoms with Crippen LogP contribution in [0.3, 0.4) is 0 Å². The third-order valence-electron chi connectivity index (χ3n) is 6.14. The van der Waals surface area contributed by atoms with Crippen molar-refractivity contribution in [3.8, 4) is 0 Å². The number of sulfonamides is 1. The summed E-state index contributed by atoms with van der Waals surface area (Å²) in [5.41, 5.74) is 1.59. The minimum absolute atomic E-state index is 0.107. The first kappa shape index (κ1) is 24.6. The molecule has 1 fully saturated rings. The van der Waals surface area contributed by atoms with Crippen molar-refractivity contribution in [2.24, 2.45) is 5.92 Å². The summed E-state index contributed by atoms with van der Waals surface area (Å²) in [6.07, 6.45) is 2.76. The van der Waals surface area contributed by atoms with E-state index >= 15 is 0 Å². The van der Waals surface area contributed by atoms with Crippen molar-refractivity contribution in [1.29, 1.82) is 0 Å². The first-order valence-corrected chi connectivity index (χ1v) is 13.4. The molecular weight excluding hydrogens is 491 g/mol. The first-order chi connectivity index (χ1) is 16.3. The molecule has 3 aromatic carbocycles. The van der Waals surface area contributed by atoms with Crippen LogP contribution in [-0.4, -0.2) is 38.9 Å². The molecule has 8 heteroatoms. The lowest BCUT2D eigenvalue weighted by Gasteiger charge is -2.34. The number of benzene rings is 3. The van der Waals surface area contributed by atoms with Crippen LogP contribution in [0.4, 0.5) is 5.69 Å². The SMILES string of the molecule is O=C(CN(c1ccc(Cl)c(Cl)c1)S(=O)(=O)c1ccccc1)N1CCC(Cc2ccccc2)CC1. The Bertz CT molecular complexity index is 1230. The lowest BCUT2D eigenvalue weighted by atomic mass is 9.90. The first-order valence-electron chi connectivity index (χ1n) is 11.2. The maximum atomic E-state index is 13.5. The molecule has 3 aromatic rings. The van der Waals surface area contributed by atoms with E-state index < -0.39 is 10.0 Å². The fourth-order valence-corrected chi connectivity index (χ4v) is 5.95. The van der Waals surface area contributed by atoms with E-state index in [9.17, 15) is 13.2 Å². The van der Waals surface area contributed by atoms with Crippen molar-refractivity contribution in [1.82, 2.24) is 4.90 Å². The molecular formula is C26H26Cl2N2O3S. The van der Waals surface area contributed by atoms with Gasteiger partial charge in [0.15, 0.2) is 0 Å². The van der Waals surface area contributed by atoms with E-state index in [1.807, 2.05) is 18.2 Å². The third kappa shape index (κ3) is 5.74. The molecule has 1 aliphatic rings. The van der Waals surface area contributed by atoms with Gasteiger partial charge in [-0.05, 0) is 61.1 Å². The maximum absolute atomic E-state index is 13.5. The van der Waals surface area contributed by atoms with Crippen LogP contribution in [0.5, 0.6) is 0 Å². The molecule has 0 radical (unpaired) electrons. The molecule has 0 N–H and O–H groups in total. The number of carbonyl (C=O) groups is 1. The number of piperidine rings is 1. The van der Waals surface area contributed by atoms with E-state index in [1.54, 1.807) is 29.2 Å². The van der Waals surface area contributed by atoms with Crippen molar-refractivity contribution < 1.29 is 13.2 Å². The number of nitrogens with zero attached hydrogens (tertiary/aromatic N) is 2. The van der Waals surface area contributed by atoms with E-state index in [-0.39, 0.29) is 22.4 Å². The standard InChI is InChI=1S/C26H26Cl2N2O3S/c27-24-12-11-22(18-25(24)28)30(34(32,33)23-9-5-2-6-10-23)19-26(31)29-15-13-21(14-16-29)17-20-7-3-1-4-8-20/h1-12,18,21H,13-17,19H2. The highest BCUT2D eigenvalue weighted by molar-refractivity contribution is 7.92. The Balaban J connectivity index is 1.50. The molecule has 0 bridgehead atoms. The number of halogens is 2. The summed E-state index contributed by atoms with van der Waals surface area (Å²) in [7, 11) is -3.98. The van der Waals surface area contributed by atoms with Gasteiger partial charge in [-0.25, -0.2) is 8.42 Å². The Morgan fingerprint density at radius 3 is 2.12 bits per heavy atom. The summed E-state index contributed by atoms with van der Waals surface area (Å²) >= 11 is 12.2. The summed E-state index contributed by atoms with van der Waals surface area (Å²) in [5.74, 6) is 0.273. The second-order valence-electron chi connectivity index (χ2n) is 8.44. The number of rotatable bonds is 7. The van der Waals surface area contributed by atoms with Crippen LogP contribution in [0, 0.1) is 5.92 Å². The van der Waals surface area contributed by atoms with E-state index in [0.717, 1.165) is 23.6 Å². The van der Waals surface area contributed by atoms with Gasteiger partial charge in [0.05, 0.1) is 20.6 Å². The maximum Gasteiger partial charge on any atom is 0.264 e. The van der Waals surface area contributed by atoms with Gasteiger partial charge in [-0.1, -0.05) is 71.7 Å². The number of anilines is 1. The Morgan fingerprint density at radius 1 is 0.882 bits per heavy atom. The van der Waals surface area contributed by atoms with Gasteiger partial charge in [0.2, 0.25) is 5.91 Å². The number of hydrogen-bond donors (Lipinski definition) is 0. The number of amides is 1. The van der Waals surface area contributed by atoms with E-state index in [1.165, 1.54) is 29.8 Å². The third-order valence-corrected chi connectivity index (χ3v) is 8.66. The Labute approximate surface area is 211 Å². The molecule has 34 heavy (non-hydrogen) atoms. The molecule has 1 saturated heterocycles. The molecule has 0 spiro atoms. The lowest BCUT2D eigenvalue weighted by molar-refractivity contribution is -0.130. The van der Waals surface area contributed by atoms with Crippen molar-refractivity contribution in [2.75, 3.05) is 23.9 Å². The number of carbonyl (C=O) groups excluding carboxylic acids is 1. The number of likely N-dealkylation sites (tertiary alicyclic amines) is 1. The van der Waals surface area contributed by atoms with Gasteiger partial charge in [-0.3, -0.25) is 9.10 Å². The number of hydrogen-bond acceptors (Lipinski definition) is 3. The molecule has 0 saturated carbocycles. The Kier molecular flexibility index (Phi) is 7.81. The molecule has 0 unspecified atom stereocenters. The zero-order valence-corrected chi connectivity index (χ0v) is 20.9. The van der Waals surface area contributed by atoms with Gasteiger partial charge < -0.3 is 4.90 Å². The van der Waals surface area contributed by atoms with Crippen LogP contribution in [0.15, 0.2) is 83.8 Å². The average molecular weight is 517 g/mol. The van der Waals surface area contributed by atoms with Crippen LogP contribution in [0.25, 0.3) is 0 Å². The second-order valence-corrected chi connectivity index (χ2v) is 11.1. The summed E-state index contributed by atoms with van der Waals surface area (Å²) in [5, 5.41) is 0.538. The van der Waals surface area contributed by atoms with E-state index in [4.69, 9.17) is 23.2 Å². The molecule has 0 aromatic heterocycles. The van der Waals surface area contributed by atoms with Gasteiger partial charge in [0.1, 0.15) is 6.54 Å². The van der Waals surface area contributed by atoms with E-state index in [2.05, 4.69) is 12.1 Å².